The second-order valence-electron chi connectivity index (χ2n) is 5.98. The minimum atomic E-state index is 0.107. The highest BCUT2D eigenvalue weighted by Crippen LogP contribution is 2.33. The normalized spacial score (nSPS) is 12.5. The second kappa shape index (κ2) is 7.13. The molecule has 6 nitrogen and oxygen atoms in total. The van der Waals surface area contributed by atoms with Crippen molar-refractivity contribution in [1.82, 2.24) is 14.8 Å². The monoisotopic (exact) mass is 387 g/mol. The first-order chi connectivity index (χ1) is 12.6. The molecule has 1 aliphatic heterocycles. The van der Waals surface area contributed by atoms with Gasteiger partial charge in [0, 0.05) is 23.5 Å². The van der Waals surface area contributed by atoms with Crippen LogP contribution in [0.5, 0.6) is 11.5 Å². The van der Waals surface area contributed by atoms with Gasteiger partial charge in [0.1, 0.15) is 5.51 Å². The predicted octanol–water partition coefficient (Wildman–Crippen LogP) is 3.71. The largest absolute Gasteiger partial charge is 0.454 e. The highest BCUT2D eigenvalue weighted by molar-refractivity contribution is 8.01. The van der Waals surface area contributed by atoms with Crippen molar-refractivity contribution < 1.29 is 14.3 Å². The summed E-state index contributed by atoms with van der Waals surface area (Å²) < 4.78 is 13.8. The van der Waals surface area contributed by atoms with E-state index in [1.54, 1.807) is 5.51 Å². The predicted molar refractivity (Wildman–Crippen MR) is 101 cm³/mol. The maximum Gasteiger partial charge on any atom is 0.231 e. The van der Waals surface area contributed by atoms with Crippen LogP contribution in [0.15, 0.2) is 34.1 Å². The van der Waals surface area contributed by atoms with Crippen LogP contribution in [0.1, 0.15) is 27.3 Å². The zero-order chi connectivity index (χ0) is 18.1. The van der Waals surface area contributed by atoms with Gasteiger partial charge in [-0.1, -0.05) is 29.2 Å². The number of hydrogen-bond acceptors (Lipinski definition) is 7. The second-order valence-corrected chi connectivity index (χ2v) is 8.03. The van der Waals surface area contributed by atoms with Crippen molar-refractivity contribution in [1.29, 1.82) is 0 Å². The van der Waals surface area contributed by atoms with Crippen molar-refractivity contribution in [2.45, 2.75) is 24.7 Å². The molecule has 0 saturated heterocycles. The average Bonchev–Trinajstić information content (AvgIpc) is 3.36. The van der Waals surface area contributed by atoms with Gasteiger partial charge in [0.15, 0.2) is 21.6 Å². The summed E-state index contributed by atoms with van der Waals surface area (Å²) in [6.45, 7) is 4.97. The number of benzene rings is 1. The number of ether oxygens (including phenoxy) is 2. The molecule has 0 amide bonds. The Bertz CT molecular complexity index is 951. The standard InChI is InChI=1S/C18H17N3O3S2/c1-11-5-14(15(22)8-25-18-20-19-9-26-18)12(2)21(11)7-13-3-4-16-17(6-13)24-10-23-16/h3-6,9H,7-8,10H2,1-2H3. The number of aromatic nitrogens is 3. The number of aryl methyl sites for hydroxylation is 1. The van der Waals surface area contributed by atoms with Gasteiger partial charge in [-0.05, 0) is 37.6 Å². The molecule has 26 heavy (non-hydrogen) atoms. The number of carbonyl (C=O) groups excluding carboxylic acids is 1. The molecule has 0 atom stereocenters. The Morgan fingerprint density at radius 2 is 2.12 bits per heavy atom. The molecule has 0 radical (unpaired) electrons. The molecular weight excluding hydrogens is 370 g/mol. The fourth-order valence-electron chi connectivity index (χ4n) is 2.98. The lowest BCUT2D eigenvalue weighted by molar-refractivity contribution is 0.102. The van der Waals surface area contributed by atoms with E-state index in [0.29, 0.717) is 12.3 Å². The summed E-state index contributed by atoms with van der Waals surface area (Å²) >= 11 is 2.87. The van der Waals surface area contributed by atoms with Crippen LogP contribution >= 0.6 is 23.1 Å². The quantitative estimate of drug-likeness (QED) is 0.475. The first-order valence-electron chi connectivity index (χ1n) is 8.09. The molecule has 0 saturated carbocycles. The Morgan fingerprint density at radius 3 is 2.92 bits per heavy atom. The summed E-state index contributed by atoms with van der Waals surface area (Å²) in [5, 5.41) is 7.76. The van der Waals surface area contributed by atoms with Gasteiger partial charge in [0.25, 0.3) is 0 Å². The van der Waals surface area contributed by atoms with Gasteiger partial charge in [0.2, 0.25) is 6.79 Å². The molecule has 0 spiro atoms. The van der Waals surface area contributed by atoms with E-state index in [-0.39, 0.29) is 12.6 Å². The first-order valence-corrected chi connectivity index (χ1v) is 9.96. The van der Waals surface area contributed by atoms with Crippen molar-refractivity contribution in [3.8, 4) is 11.5 Å². The van der Waals surface area contributed by atoms with E-state index in [9.17, 15) is 4.79 Å². The van der Waals surface area contributed by atoms with Gasteiger partial charge in [0.05, 0.1) is 5.75 Å². The van der Waals surface area contributed by atoms with E-state index in [4.69, 9.17) is 9.47 Å². The first kappa shape index (κ1) is 17.1. The van der Waals surface area contributed by atoms with Crippen molar-refractivity contribution in [2.75, 3.05) is 12.5 Å². The van der Waals surface area contributed by atoms with Crippen LogP contribution in [0.3, 0.4) is 0 Å². The summed E-state index contributed by atoms with van der Waals surface area (Å²) in [6.07, 6.45) is 0. The lowest BCUT2D eigenvalue weighted by atomic mass is 10.1. The smallest absolute Gasteiger partial charge is 0.231 e. The topological polar surface area (TPSA) is 66.2 Å². The number of Topliss-reactive ketones (excluding diaryl/α,β-unsaturated/α-hetero) is 1. The fourth-order valence-corrected chi connectivity index (χ4v) is 4.35. The van der Waals surface area contributed by atoms with Gasteiger partial charge in [-0.25, -0.2) is 0 Å². The van der Waals surface area contributed by atoms with Crippen molar-refractivity contribution in [2.24, 2.45) is 0 Å². The molecule has 1 aliphatic rings. The number of carbonyl (C=O) groups is 1. The number of thioether (sulfide) groups is 1. The zero-order valence-corrected chi connectivity index (χ0v) is 16.0. The van der Waals surface area contributed by atoms with Crippen molar-refractivity contribution in [3.63, 3.8) is 0 Å². The molecule has 0 aliphatic carbocycles. The summed E-state index contributed by atoms with van der Waals surface area (Å²) in [4.78, 5) is 12.6. The molecule has 3 heterocycles. The molecule has 0 N–H and O–H groups in total. The van der Waals surface area contributed by atoms with E-state index in [2.05, 4.69) is 14.8 Å². The minimum Gasteiger partial charge on any atom is -0.454 e. The lowest BCUT2D eigenvalue weighted by Crippen LogP contribution is -2.07. The van der Waals surface area contributed by atoms with Crippen LogP contribution in [0.4, 0.5) is 0 Å². The zero-order valence-electron chi connectivity index (χ0n) is 14.4. The summed E-state index contributed by atoms with van der Waals surface area (Å²) in [7, 11) is 0. The maximum atomic E-state index is 12.6. The maximum absolute atomic E-state index is 12.6. The summed E-state index contributed by atoms with van der Waals surface area (Å²) in [5.74, 6) is 2.02. The van der Waals surface area contributed by atoms with Crippen LogP contribution in [0.2, 0.25) is 0 Å². The van der Waals surface area contributed by atoms with Crippen LogP contribution in [0.25, 0.3) is 0 Å². The van der Waals surface area contributed by atoms with Crippen LogP contribution in [-0.2, 0) is 6.54 Å². The molecule has 3 aromatic rings. The number of nitrogens with zero attached hydrogens (tertiary/aromatic N) is 3. The molecule has 0 unspecified atom stereocenters. The van der Waals surface area contributed by atoms with Crippen molar-refractivity contribution >= 4 is 28.9 Å². The van der Waals surface area contributed by atoms with E-state index < -0.39 is 0 Å². The third-order valence-corrected chi connectivity index (χ3v) is 6.18. The number of hydrogen-bond donors (Lipinski definition) is 0. The van der Waals surface area contributed by atoms with Gasteiger partial charge in [-0.15, -0.1) is 10.2 Å². The summed E-state index contributed by atoms with van der Waals surface area (Å²) in [5.41, 5.74) is 5.58. The van der Waals surface area contributed by atoms with E-state index in [1.807, 2.05) is 38.1 Å². The third kappa shape index (κ3) is 3.34. The van der Waals surface area contributed by atoms with E-state index in [1.165, 1.54) is 23.1 Å². The third-order valence-electron chi connectivity index (χ3n) is 4.32. The SMILES string of the molecule is Cc1cc(C(=O)CSc2nncs2)c(C)n1Cc1ccc2c(c1)OCO2. The van der Waals surface area contributed by atoms with E-state index >= 15 is 0 Å². The molecule has 4 rings (SSSR count). The highest BCUT2D eigenvalue weighted by Gasteiger charge is 2.18. The highest BCUT2D eigenvalue weighted by atomic mass is 32.2. The Labute approximate surface area is 159 Å². The lowest BCUT2D eigenvalue weighted by Gasteiger charge is -2.10. The summed E-state index contributed by atoms with van der Waals surface area (Å²) in [6, 6.07) is 7.91. The van der Waals surface area contributed by atoms with Crippen LogP contribution in [-0.4, -0.2) is 33.1 Å². The molecule has 0 fully saturated rings. The molecular formula is C18H17N3O3S2. The number of ketones is 1. The Balaban J connectivity index is 1.51. The molecule has 8 heteroatoms. The van der Waals surface area contributed by atoms with Crippen LogP contribution < -0.4 is 9.47 Å². The Morgan fingerprint density at radius 1 is 1.27 bits per heavy atom. The molecule has 1 aromatic carbocycles. The molecule has 2 aromatic heterocycles. The van der Waals surface area contributed by atoms with Gasteiger partial charge in [-0.3, -0.25) is 4.79 Å². The Kier molecular flexibility index (Phi) is 4.69. The molecule has 0 bridgehead atoms. The molecule has 134 valence electrons. The van der Waals surface area contributed by atoms with Gasteiger partial charge >= 0.3 is 0 Å². The van der Waals surface area contributed by atoms with E-state index in [0.717, 1.165) is 38.4 Å². The van der Waals surface area contributed by atoms with Crippen LogP contribution in [0, 0.1) is 13.8 Å². The fraction of sp³-hybridized carbons (Fsp3) is 0.278. The van der Waals surface area contributed by atoms with Gasteiger partial charge < -0.3 is 14.0 Å². The van der Waals surface area contributed by atoms with Gasteiger partial charge in [-0.2, -0.15) is 0 Å². The average molecular weight is 387 g/mol. The van der Waals surface area contributed by atoms with Crippen molar-refractivity contribution in [3.05, 3.63) is 52.3 Å². The minimum absolute atomic E-state index is 0.107. The number of fused-ring (bicyclic) bond motifs is 1. The number of rotatable bonds is 6. The Hall–Kier alpha value is -2.32.